The van der Waals surface area contributed by atoms with Gasteiger partial charge < -0.3 is 19.0 Å². The number of hydrogen-bond acceptors (Lipinski definition) is 5. The van der Waals surface area contributed by atoms with E-state index in [1.54, 1.807) is 24.3 Å². The van der Waals surface area contributed by atoms with Gasteiger partial charge in [-0.2, -0.15) is 0 Å². The number of rotatable bonds is 1. The van der Waals surface area contributed by atoms with Crippen molar-refractivity contribution in [3.05, 3.63) is 24.3 Å². The van der Waals surface area contributed by atoms with E-state index in [-0.39, 0.29) is 11.7 Å². The maximum atomic E-state index is 10.8. The third-order valence-corrected chi connectivity index (χ3v) is 1.88. The molecule has 0 amide bonds. The van der Waals surface area contributed by atoms with Crippen LogP contribution in [-0.4, -0.2) is 18.4 Å². The van der Waals surface area contributed by atoms with Crippen LogP contribution in [0.15, 0.2) is 28.7 Å². The van der Waals surface area contributed by atoms with Crippen LogP contribution in [0.5, 0.6) is 11.7 Å². The summed E-state index contributed by atoms with van der Waals surface area (Å²) in [6.07, 6.45) is -0.940. The molecular weight excluding hydrogens is 200 g/mol. The number of methoxy groups -OCH3 is 1. The molecule has 15 heavy (non-hydrogen) atoms. The normalized spacial score (nSPS) is 10.2. The predicted molar refractivity (Wildman–Crippen MR) is 50.9 cm³/mol. The van der Waals surface area contributed by atoms with Crippen molar-refractivity contribution < 1.29 is 23.8 Å². The Balaban J connectivity index is 2.44. The summed E-state index contributed by atoms with van der Waals surface area (Å²) in [5, 5.41) is 10.1. The molecule has 0 aliphatic carbocycles. The largest absolute Gasteiger partial charge is 0.516 e. The molecule has 1 aromatic carbocycles. The van der Waals surface area contributed by atoms with Gasteiger partial charge in [-0.25, -0.2) is 4.79 Å². The molecular formula is C10H8O5. The van der Waals surface area contributed by atoms with E-state index < -0.39 is 6.16 Å². The van der Waals surface area contributed by atoms with Crippen LogP contribution < -0.4 is 4.74 Å². The van der Waals surface area contributed by atoms with Gasteiger partial charge in [0.15, 0.2) is 0 Å². The summed E-state index contributed by atoms with van der Waals surface area (Å²) in [5.74, 6) is -0.473. The van der Waals surface area contributed by atoms with Gasteiger partial charge in [-0.3, -0.25) is 0 Å². The second-order valence-electron chi connectivity index (χ2n) is 2.79. The fraction of sp³-hybridized carbons (Fsp3) is 0.100. The molecule has 0 spiro atoms. The van der Waals surface area contributed by atoms with E-state index in [1.165, 1.54) is 7.11 Å². The van der Waals surface area contributed by atoms with Crippen molar-refractivity contribution in [2.75, 3.05) is 7.11 Å². The first kappa shape index (κ1) is 9.39. The molecule has 2 rings (SSSR count). The summed E-state index contributed by atoms with van der Waals surface area (Å²) in [6, 6.07) is 6.78. The molecule has 1 heterocycles. The molecule has 2 aromatic rings. The Labute approximate surface area is 84.8 Å². The molecule has 0 atom stereocenters. The average molecular weight is 208 g/mol. The molecule has 0 unspecified atom stereocenters. The minimum Gasteiger partial charge on any atom is -0.501 e. The number of benzene rings is 1. The Morgan fingerprint density at radius 2 is 2.13 bits per heavy atom. The maximum Gasteiger partial charge on any atom is 0.516 e. The predicted octanol–water partition coefficient (Wildman–Crippen LogP) is 2.28. The highest BCUT2D eigenvalue weighted by Crippen LogP contribution is 2.37. The third-order valence-electron chi connectivity index (χ3n) is 1.88. The number of hydrogen-bond donors (Lipinski definition) is 1. The van der Waals surface area contributed by atoms with Gasteiger partial charge in [0.1, 0.15) is 5.58 Å². The summed E-state index contributed by atoms with van der Waals surface area (Å²) in [4.78, 5) is 10.8. The number of fused-ring (bicyclic) bond motifs is 1. The number of para-hydroxylation sites is 1. The smallest absolute Gasteiger partial charge is 0.501 e. The molecule has 0 aliphatic rings. The number of ether oxygens (including phenoxy) is 2. The highest BCUT2D eigenvalue weighted by molar-refractivity contribution is 5.87. The van der Waals surface area contributed by atoms with Gasteiger partial charge in [-0.1, -0.05) is 12.1 Å². The first-order valence-electron chi connectivity index (χ1n) is 4.18. The quantitative estimate of drug-likeness (QED) is 0.728. The van der Waals surface area contributed by atoms with Crippen LogP contribution in [0.4, 0.5) is 4.79 Å². The second-order valence-corrected chi connectivity index (χ2v) is 2.79. The van der Waals surface area contributed by atoms with E-state index >= 15 is 0 Å². The Bertz CT molecular complexity index is 499. The zero-order valence-corrected chi connectivity index (χ0v) is 7.89. The fourth-order valence-electron chi connectivity index (χ4n) is 1.20. The lowest BCUT2D eigenvalue weighted by atomic mass is 10.2. The standard InChI is InChI=1S/C10H8O5/c1-13-10(12)15-9-8(11)6-4-2-3-5-7(6)14-9/h2-5,11H,1H3. The summed E-state index contributed by atoms with van der Waals surface area (Å²) >= 11 is 0. The van der Waals surface area contributed by atoms with Crippen LogP contribution in [-0.2, 0) is 4.74 Å². The average Bonchev–Trinajstić information content (AvgIpc) is 2.57. The number of furan rings is 1. The van der Waals surface area contributed by atoms with Gasteiger partial charge in [0.05, 0.1) is 12.5 Å². The lowest BCUT2D eigenvalue weighted by Gasteiger charge is -1.97. The first-order chi connectivity index (χ1) is 7.22. The van der Waals surface area contributed by atoms with E-state index in [0.717, 1.165) is 0 Å². The van der Waals surface area contributed by atoms with Crippen molar-refractivity contribution in [3.8, 4) is 11.7 Å². The maximum absolute atomic E-state index is 10.8. The summed E-state index contributed by atoms with van der Waals surface area (Å²) < 4.78 is 14.0. The molecule has 0 saturated heterocycles. The minimum atomic E-state index is -0.940. The SMILES string of the molecule is COC(=O)Oc1oc2ccccc2c1O. The lowest BCUT2D eigenvalue weighted by Crippen LogP contribution is -2.06. The van der Waals surface area contributed by atoms with Crippen molar-refractivity contribution in [1.82, 2.24) is 0 Å². The van der Waals surface area contributed by atoms with E-state index in [1.807, 2.05) is 0 Å². The monoisotopic (exact) mass is 208 g/mol. The molecule has 0 aliphatic heterocycles. The highest BCUT2D eigenvalue weighted by Gasteiger charge is 2.17. The Morgan fingerprint density at radius 3 is 2.80 bits per heavy atom. The van der Waals surface area contributed by atoms with Crippen molar-refractivity contribution in [3.63, 3.8) is 0 Å². The van der Waals surface area contributed by atoms with Crippen LogP contribution in [0.2, 0.25) is 0 Å². The van der Waals surface area contributed by atoms with Crippen LogP contribution in [0.25, 0.3) is 11.0 Å². The van der Waals surface area contributed by atoms with E-state index in [4.69, 9.17) is 4.42 Å². The van der Waals surface area contributed by atoms with Crippen molar-refractivity contribution in [2.45, 2.75) is 0 Å². The van der Waals surface area contributed by atoms with Crippen LogP contribution in [0.1, 0.15) is 0 Å². The molecule has 78 valence electrons. The van der Waals surface area contributed by atoms with Crippen molar-refractivity contribution in [1.29, 1.82) is 0 Å². The van der Waals surface area contributed by atoms with Gasteiger partial charge in [0.25, 0.3) is 0 Å². The van der Waals surface area contributed by atoms with Gasteiger partial charge in [0, 0.05) is 0 Å². The van der Waals surface area contributed by atoms with Crippen LogP contribution >= 0.6 is 0 Å². The first-order valence-corrected chi connectivity index (χ1v) is 4.18. The molecule has 0 saturated carbocycles. The molecule has 0 bridgehead atoms. The molecule has 5 heteroatoms. The number of carbonyl (C=O) groups is 1. The van der Waals surface area contributed by atoms with Gasteiger partial charge in [-0.05, 0) is 12.1 Å². The Kier molecular flexibility index (Phi) is 2.21. The zero-order valence-electron chi connectivity index (χ0n) is 7.89. The summed E-state index contributed by atoms with van der Waals surface area (Å²) in [7, 11) is 1.17. The van der Waals surface area contributed by atoms with E-state index in [2.05, 4.69) is 9.47 Å². The summed E-state index contributed by atoms with van der Waals surface area (Å²) in [5.41, 5.74) is 0.439. The van der Waals surface area contributed by atoms with E-state index in [9.17, 15) is 9.90 Å². The third kappa shape index (κ3) is 1.59. The number of aromatic hydroxyl groups is 1. The zero-order chi connectivity index (χ0) is 10.8. The molecule has 0 radical (unpaired) electrons. The van der Waals surface area contributed by atoms with Gasteiger partial charge in [-0.15, -0.1) is 0 Å². The van der Waals surface area contributed by atoms with Crippen molar-refractivity contribution in [2.24, 2.45) is 0 Å². The molecule has 1 aromatic heterocycles. The molecule has 0 fully saturated rings. The fourth-order valence-corrected chi connectivity index (χ4v) is 1.20. The highest BCUT2D eigenvalue weighted by atomic mass is 16.8. The lowest BCUT2D eigenvalue weighted by molar-refractivity contribution is 0.110. The van der Waals surface area contributed by atoms with Gasteiger partial charge in [0.2, 0.25) is 5.75 Å². The number of carbonyl (C=O) groups excluding carboxylic acids is 1. The molecule has 5 nitrogen and oxygen atoms in total. The van der Waals surface area contributed by atoms with Gasteiger partial charge >= 0.3 is 12.1 Å². The Hall–Kier alpha value is -2.17. The topological polar surface area (TPSA) is 68.9 Å². The van der Waals surface area contributed by atoms with Crippen LogP contribution in [0.3, 0.4) is 0 Å². The van der Waals surface area contributed by atoms with Crippen molar-refractivity contribution >= 4 is 17.1 Å². The molecule has 1 N–H and O–H groups in total. The Morgan fingerprint density at radius 1 is 1.40 bits per heavy atom. The van der Waals surface area contributed by atoms with Crippen LogP contribution in [0, 0.1) is 0 Å². The summed E-state index contributed by atoms with van der Waals surface area (Å²) in [6.45, 7) is 0. The minimum absolute atomic E-state index is 0.212. The van der Waals surface area contributed by atoms with E-state index in [0.29, 0.717) is 11.0 Å². The second kappa shape index (κ2) is 3.53.